The van der Waals surface area contributed by atoms with Crippen LogP contribution in [0.15, 0.2) is 24.3 Å². The third-order valence-electron chi connectivity index (χ3n) is 4.76. The molecular weight excluding hydrogens is 236 g/mol. The number of hydrogen-bond acceptors (Lipinski definition) is 2. The average molecular weight is 262 g/mol. The van der Waals surface area contributed by atoms with Gasteiger partial charge in [0.15, 0.2) is 0 Å². The van der Waals surface area contributed by atoms with Crippen molar-refractivity contribution in [1.82, 2.24) is 0 Å². The smallest absolute Gasteiger partial charge is 0.0843 e. The van der Waals surface area contributed by atoms with Gasteiger partial charge in [0, 0.05) is 12.5 Å². The maximum absolute atomic E-state index is 10.5. The number of ether oxygens (including phenoxy) is 1. The van der Waals surface area contributed by atoms with Crippen LogP contribution in [0.3, 0.4) is 0 Å². The molecule has 2 rings (SSSR count). The summed E-state index contributed by atoms with van der Waals surface area (Å²) in [4.78, 5) is 0. The highest BCUT2D eigenvalue weighted by atomic mass is 16.5. The van der Waals surface area contributed by atoms with Gasteiger partial charge >= 0.3 is 0 Å². The number of aliphatic hydroxyl groups excluding tert-OH is 1. The lowest BCUT2D eigenvalue weighted by Gasteiger charge is -2.25. The molecule has 3 atom stereocenters. The van der Waals surface area contributed by atoms with Gasteiger partial charge in [-0.05, 0) is 36.3 Å². The van der Waals surface area contributed by atoms with Crippen LogP contribution in [-0.2, 0) is 10.2 Å². The van der Waals surface area contributed by atoms with Crippen LogP contribution >= 0.6 is 0 Å². The molecule has 1 aromatic rings. The first-order valence-corrected chi connectivity index (χ1v) is 7.36. The van der Waals surface area contributed by atoms with E-state index in [1.54, 1.807) is 0 Å². The van der Waals surface area contributed by atoms with E-state index >= 15 is 0 Å². The van der Waals surface area contributed by atoms with Gasteiger partial charge in [-0.25, -0.2) is 0 Å². The first-order valence-electron chi connectivity index (χ1n) is 7.36. The summed E-state index contributed by atoms with van der Waals surface area (Å²) in [5.41, 5.74) is 2.55. The Hall–Kier alpha value is -0.860. The molecule has 19 heavy (non-hydrogen) atoms. The Bertz CT molecular complexity index is 408. The molecule has 1 heterocycles. The highest BCUT2D eigenvalue weighted by molar-refractivity contribution is 5.29. The maximum atomic E-state index is 10.5. The van der Waals surface area contributed by atoms with Gasteiger partial charge in [-0.3, -0.25) is 0 Å². The first kappa shape index (κ1) is 14.5. The summed E-state index contributed by atoms with van der Waals surface area (Å²) < 4.78 is 5.54. The molecule has 106 valence electrons. The topological polar surface area (TPSA) is 29.5 Å². The first-order chi connectivity index (χ1) is 8.95. The molecule has 1 N–H and O–H groups in total. The molecule has 0 amide bonds. The quantitative estimate of drug-likeness (QED) is 0.893. The van der Waals surface area contributed by atoms with Crippen molar-refractivity contribution >= 4 is 0 Å². The second-order valence-electron chi connectivity index (χ2n) is 6.33. The largest absolute Gasteiger partial charge is 0.388 e. The zero-order valence-electron chi connectivity index (χ0n) is 12.5. The van der Waals surface area contributed by atoms with Crippen LogP contribution < -0.4 is 0 Å². The second-order valence-corrected chi connectivity index (χ2v) is 6.33. The summed E-state index contributed by atoms with van der Waals surface area (Å²) in [5.74, 6) is 0.227. The Morgan fingerprint density at radius 1 is 1.32 bits per heavy atom. The lowest BCUT2D eigenvalue weighted by atomic mass is 9.81. The van der Waals surface area contributed by atoms with E-state index < -0.39 is 6.10 Å². The minimum atomic E-state index is -0.406. The number of hydrogen-bond donors (Lipinski definition) is 1. The van der Waals surface area contributed by atoms with Crippen LogP contribution in [0.1, 0.15) is 57.8 Å². The summed E-state index contributed by atoms with van der Waals surface area (Å²) in [6, 6.07) is 8.45. The zero-order valence-corrected chi connectivity index (χ0v) is 12.5. The summed E-state index contributed by atoms with van der Waals surface area (Å²) in [7, 11) is 0. The summed E-state index contributed by atoms with van der Waals surface area (Å²) in [6.45, 7) is 9.54. The molecule has 0 spiro atoms. The van der Waals surface area contributed by atoms with Gasteiger partial charge in [0.05, 0.1) is 12.2 Å². The van der Waals surface area contributed by atoms with Crippen molar-refractivity contribution in [3.63, 3.8) is 0 Å². The Kier molecular flexibility index (Phi) is 4.32. The van der Waals surface area contributed by atoms with Crippen molar-refractivity contribution < 1.29 is 9.84 Å². The third kappa shape index (κ3) is 3.01. The van der Waals surface area contributed by atoms with Gasteiger partial charge in [-0.1, -0.05) is 45.0 Å². The predicted molar refractivity (Wildman–Crippen MR) is 78.2 cm³/mol. The van der Waals surface area contributed by atoms with Crippen molar-refractivity contribution in [3.8, 4) is 0 Å². The molecule has 0 aromatic heterocycles. The van der Waals surface area contributed by atoms with Gasteiger partial charge in [-0.2, -0.15) is 0 Å². The van der Waals surface area contributed by atoms with Crippen LogP contribution in [0.25, 0.3) is 0 Å². The highest BCUT2D eigenvalue weighted by Crippen LogP contribution is 2.34. The molecule has 0 radical (unpaired) electrons. The fourth-order valence-corrected chi connectivity index (χ4v) is 2.75. The van der Waals surface area contributed by atoms with Gasteiger partial charge < -0.3 is 9.84 Å². The minimum absolute atomic E-state index is 0.154. The molecule has 1 fully saturated rings. The van der Waals surface area contributed by atoms with Gasteiger partial charge in [-0.15, -0.1) is 0 Å². The van der Waals surface area contributed by atoms with E-state index in [2.05, 4.69) is 52.0 Å². The van der Waals surface area contributed by atoms with E-state index in [0.717, 1.165) is 25.0 Å². The van der Waals surface area contributed by atoms with E-state index in [-0.39, 0.29) is 17.4 Å². The molecule has 2 nitrogen and oxygen atoms in total. The standard InChI is InChI=1S/C17H26O2/c1-5-17(3,4)14-8-6-13(7-9-14)16(18)15-10-11-19-12(15)2/h6-9,12,15-16,18H,5,10-11H2,1-4H3. The molecular formula is C17H26O2. The van der Waals surface area contributed by atoms with Crippen molar-refractivity contribution in [2.24, 2.45) is 5.92 Å². The fraction of sp³-hybridized carbons (Fsp3) is 0.647. The van der Waals surface area contributed by atoms with Crippen molar-refractivity contribution in [3.05, 3.63) is 35.4 Å². The van der Waals surface area contributed by atoms with Gasteiger partial charge in [0.25, 0.3) is 0 Å². The number of rotatable bonds is 4. The molecule has 1 saturated heterocycles. The predicted octanol–water partition coefficient (Wildman–Crippen LogP) is 3.83. The van der Waals surface area contributed by atoms with Crippen LogP contribution in [0.4, 0.5) is 0 Å². The average Bonchev–Trinajstić information content (AvgIpc) is 2.84. The zero-order chi connectivity index (χ0) is 14.0. The highest BCUT2D eigenvalue weighted by Gasteiger charge is 2.31. The van der Waals surface area contributed by atoms with Crippen molar-refractivity contribution in [2.45, 2.75) is 58.2 Å². The Labute approximate surface area is 116 Å². The van der Waals surface area contributed by atoms with Crippen molar-refractivity contribution in [2.75, 3.05) is 6.61 Å². The van der Waals surface area contributed by atoms with Crippen LogP contribution in [-0.4, -0.2) is 17.8 Å². The molecule has 2 heteroatoms. The fourth-order valence-electron chi connectivity index (χ4n) is 2.75. The molecule has 3 unspecified atom stereocenters. The van der Waals surface area contributed by atoms with Crippen LogP contribution in [0.5, 0.6) is 0 Å². The number of aliphatic hydroxyl groups is 1. The molecule has 0 saturated carbocycles. The Morgan fingerprint density at radius 3 is 2.42 bits per heavy atom. The van der Waals surface area contributed by atoms with Crippen LogP contribution in [0, 0.1) is 5.92 Å². The Morgan fingerprint density at radius 2 is 1.95 bits per heavy atom. The summed E-state index contributed by atoms with van der Waals surface area (Å²) >= 11 is 0. The normalized spacial score (nSPS) is 25.5. The van der Waals surface area contributed by atoms with Gasteiger partial charge in [0.2, 0.25) is 0 Å². The SMILES string of the molecule is CCC(C)(C)c1ccc(C(O)C2CCOC2C)cc1. The molecule has 1 aliphatic rings. The molecule has 0 bridgehead atoms. The lowest BCUT2D eigenvalue weighted by Crippen LogP contribution is -2.20. The monoisotopic (exact) mass is 262 g/mol. The van der Waals surface area contributed by atoms with Crippen molar-refractivity contribution in [1.29, 1.82) is 0 Å². The number of benzene rings is 1. The second kappa shape index (κ2) is 5.64. The Balaban J connectivity index is 2.14. The maximum Gasteiger partial charge on any atom is 0.0843 e. The van der Waals surface area contributed by atoms with Gasteiger partial charge in [0.1, 0.15) is 0 Å². The minimum Gasteiger partial charge on any atom is -0.388 e. The van der Waals surface area contributed by atoms with Crippen LogP contribution in [0.2, 0.25) is 0 Å². The lowest BCUT2D eigenvalue weighted by molar-refractivity contribution is 0.0431. The third-order valence-corrected chi connectivity index (χ3v) is 4.76. The van der Waals surface area contributed by atoms with E-state index in [1.165, 1.54) is 5.56 Å². The summed E-state index contributed by atoms with van der Waals surface area (Å²) in [5, 5.41) is 10.5. The molecule has 0 aliphatic carbocycles. The van der Waals surface area contributed by atoms with E-state index in [4.69, 9.17) is 4.74 Å². The summed E-state index contributed by atoms with van der Waals surface area (Å²) in [6.07, 6.45) is 1.81. The van der Waals surface area contributed by atoms with E-state index in [0.29, 0.717) is 0 Å². The molecule has 1 aliphatic heterocycles. The van der Waals surface area contributed by atoms with E-state index in [1.807, 2.05) is 0 Å². The van der Waals surface area contributed by atoms with E-state index in [9.17, 15) is 5.11 Å². The molecule has 1 aromatic carbocycles.